The first-order valence-corrected chi connectivity index (χ1v) is 21.1. The molecule has 0 spiro atoms. The minimum atomic E-state index is -0.759. The summed E-state index contributed by atoms with van der Waals surface area (Å²) in [5.41, 5.74) is 0.482. The molecule has 4 aromatic rings. The van der Waals surface area contributed by atoms with Crippen molar-refractivity contribution in [1.82, 2.24) is 0 Å². The van der Waals surface area contributed by atoms with Gasteiger partial charge in [-0.1, -0.05) is 0 Å². The first kappa shape index (κ1) is 58.7. The Morgan fingerprint density at radius 2 is 0.609 bits per heavy atom. The van der Waals surface area contributed by atoms with Crippen LogP contribution in [-0.2, 0) is 18.9 Å². The fourth-order valence-electron chi connectivity index (χ4n) is 6.85. The van der Waals surface area contributed by atoms with Crippen LogP contribution in [0.2, 0.25) is 0 Å². The molecule has 0 bridgehead atoms. The molecule has 0 aliphatic heterocycles. The molecule has 4 rings (SSSR count). The predicted octanol–water partition coefficient (Wildman–Crippen LogP) is 7.67. The van der Waals surface area contributed by atoms with E-state index in [-0.39, 0.29) is 122 Å². The molecule has 0 amide bonds. The maximum absolute atomic E-state index is 13.0. The van der Waals surface area contributed by atoms with Gasteiger partial charge in [0.15, 0.2) is 46.0 Å². The molecule has 0 fully saturated rings. The summed E-state index contributed by atoms with van der Waals surface area (Å²) in [6.45, 7) is 0. The number of hydrogen-bond donors (Lipinski definition) is 1. The van der Waals surface area contributed by atoms with E-state index in [9.17, 15) is 19.2 Å². The summed E-state index contributed by atoms with van der Waals surface area (Å²) >= 11 is 10.0. The Morgan fingerprint density at radius 3 is 0.812 bits per heavy atom. The van der Waals surface area contributed by atoms with E-state index in [1.807, 2.05) is 0 Å². The Balaban J connectivity index is 0.000000449. The van der Waals surface area contributed by atoms with Crippen LogP contribution in [0.25, 0.3) is 22.3 Å². The van der Waals surface area contributed by atoms with Gasteiger partial charge in [0.25, 0.3) is 0 Å². The number of carbonyl (C=O) groups is 4. The average molecular weight is 1120 g/mol. The van der Waals surface area contributed by atoms with Crippen LogP contribution in [0.1, 0.15) is 41.4 Å². The van der Waals surface area contributed by atoms with E-state index in [0.717, 1.165) is 0 Å². The van der Waals surface area contributed by atoms with Gasteiger partial charge in [0.1, 0.15) is 0 Å². The van der Waals surface area contributed by atoms with E-state index in [2.05, 4.69) is 56.6 Å². The van der Waals surface area contributed by atoms with E-state index >= 15 is 0 Å². The molecule has 0 aromatic heterocycles. The summed E-state index contributed by atoms with van der Waals surface area (Å²) < 4.78 is 89.3. The number of carbonyl (C=O) groups excluding carboxylic acids is 4. The molecule has 1 radical (unpaired) electrons. The molecule has 21 nitrogen and oxygen atoms in total. The van der Waals surface area contributed by atoms with Gasteiger partial charge in [-0.05, 0) is 44.0 Å². The van der Waals surface area contributed by atoms with Crippen molar-refractivity contribution < 1.29 is 95.0 Å². The number of nitrogens with zero attached hydrogens (tertiary/aromatic N) is 1. The number of halogens is 2. The van der Waals surface area contributed by atoms with Gasteiger partial charge < -0.3 is 75.8 Å². The monoisotopic (exact) mass is 1110 g/mol. The average Bonchev–Trinajstić information content (AvgIpc) is 3.37. The third kappa shape index (κ3) is 11.5. The van der Waals surface area contributed by atoms with Crippen molar-refractivity contribution in [3.63, 3.8) is 0 Å². The molecule has 375 valence electrons. The SMILES string of the molecule is COC(=O)c1c(Br)c(OC)c(OC)c(OC)c1-c1c(OC)c(OC)c(OC)c(Br)c1C(=O)OC.COC(=O)c1cc(OC)c(OC)c(OC)c1-c1c(C(=O)OC)cc(OC)c(OC)c1OC.[B]=NS. The van der Waals surface area contributed by atoms with Crippen molar-refractivity contribution in [2.75, 3.05) is 114 Å². The van der Waals surface area contributed by atoms with E-state index in [4.69, 9.17) is 75.8 Å². The van der Waals surface area contributed by atoms with Crippen molar-refractivity contribution in [2.24, 2.45) is 4.30 Å². The molecule has 0 saturated heterocycles. The van der Waals surface area contributed by atoms with Gasteiger partial charge >= 0.3 is 48.6 Å². The van der Waals surface area contributed by atoms with Crippen molar-refractivity contribution >= 4 is 76.2 Å². The van der Waals surface area contributed by atoms with Crippen LogP contribution >= 0.6 is 44.7 Å². The molecule has 0 heterocycles. The summed E-state index contributed by atoms with van der Waals surface area (Å²) in [6.07, 6.45) is 0. The fourth-order valence-corrected chi connectivity index (χ4v) is 8.25. The number of benzene rings is 4. The number of methoxy groups -OCH3 is 16. The molecule has 69 heavy (non-hydrogen) atoms. The number of thiol groups is 1. The zero-order valence-electron chi connectivity index (χ0n) is 40.5. The van der Waals surface area contributed by atoms with Gasteiger partial charge in [0.05, 0.1) is 145 Å². The van der Waals surface area contributed by atoms with Crippen LogP contribution in [0.3, 0.4) is 0 Å². The molecular weight excluding hydrogens is 1070 g/mol. The molecule has 0 saturated carbocycles. The molecule has 25 heteroatoms. The number of rotatable bonds is 18. The second-order valence-corrected chi connectivity index (χ2v) is 14.4. The summed E-state index contributed by atoms with van der Waals surface area (Å²) in [5, 5.41) is 0. The van der Waals surface area contributed by atoms with Gasteiger partial charge in [-0.3, -0.25) is 0 Å². The summed E-state index contributed by atoms with van der Waals surface area (Å²) in [6, 6.07) is 2.83. The van der Waals surface area contributed by atoms with Gasteiger partial charge in [-0.25, -0.2) is 19.2 Å². The van der Waals surface area contributed by atoms with Crippen LogP contribution < -0.4 is 56.8 Å². The number of esters is 4. The van der Waals surface area contributed by atoms with Crippen LogP contribution in [0.15, 0.2) is 25.4 Å². The number of ether oxygens (including phenoxy) is 16. The van der Waals surface area contributed by atoms with Crippen molar-refractivity contribution in [2.45, 2.75) is 0 Å². The van der Waals surface area contributed by atoms with Gasteiger partial charge in [0.2, 0.25) is 23.0 Å². The Morgan fingerprint density at radius 1 is 0.377 bits per heavy atom. The van der Waals surface area contributed by atoms with E-state index in [1.54, 1.807) is 0 Å². The Labute approximate surface area is 421 Å². The molecular formula is C44H51BBr2NO20S. The standard InChI is InChI=1S/C22H24Br2O10.C22H26O10.BHNS/c1-27-15-9(11(21(25)33-7)13(23)17(29-3)19(15)31-5)10-12(22(26)34-8)14(24)18(30-4)20(32-6)16(10)28-2;1-25-13-9-11(21(23)31-7)15(19(29-5)17(13)27-3)16-12(22(24)32-8)10-14(26-2)18(28-4)20(16)30-6;1-2-3/h1-8H3;9-10H,1-8H3;3H. The van der Waals surface area contributed by atoms with E-state index in [0.29, 0.717) is 0 Å². The number of hydrogen-bond acceptors (Lipinski definition) is 22. The van der Waals surface area contributed by atoms with Crippen molar-refractivity contribution in [3.8, 4) is 91.2 Å². The summed E-state index contributed by atoms with van der Waals surface area (Å²) in [4.78, 5) is 51.7. The third-order valence-electron chi connectivity index (χ3n) is 9.59. The molecule has 0 aliphatic rings. The van der Waals surface area contributed by atoms with Crippen LogP contribution in [0.5, 0.6) is 69.0 Å². The first-order chi connectivity index (χ1) is 33.0. The second-order valence-electron chi connectivity index (χ2n) is 12.5. The summed E-state index contributed by atoms with van der Waals surface area (Å²) in [5.74, 6) is -1.21. The third-order valence-corrected chi connectivity index (χ3v) is 11.1. The Kier molecular flexibility index (Phi) is 23.4. The van der Waals surface area contributed by atoms with E-state index in [1.165, 1.54) is 126 Å². The molecule has 0 aliphatic carbocycles. The summed E-state index contributed by atoms with van der Waals surface area (Å²) in [7, 11) is 26.0. The maximum atomic E-state index is 13.0. The topological polar surface area (TPSA) is 228 Å². The van der Waals surface area contributed by atoms with Crippen molar-refractivity contribution in [3.05, 3.63) is 43.3 Å². The molecule has 0 unspecified atom stereocenters. The fraction of sp³-hybridized carbons (Fsp3) is 0.364. The minimum absolute atomic E-state index is 0.0256. The van der Waals surface area contributed by atoms with Crippen LogP contribution in [0.4, 0.5) is 0 Å². The Bertz CT molecular complexity index is 2370. The quantitative estimate of drug-likeness (QED) is 0.0436. The predicted molar refractivity (Wildman–Crippen MR) is 260 cm³/mol. The van der Waals surface area contributed by atoms with Crippen LogP contribution in [-0.4, -0.2) is 145 Å². The second kappa shape index (κ2) is 27.5. The molecule has 4 aromatic carbocycles. The van der Waals surface area contributed by atoms with Gasteiger partial charge in [-0.15, -0.1) is 0 Å². The zero-order valence-corrected chi connectivity index (χ0v) is 44.6. The van der Waals surface area contributed by atoms with Gasteiger partial charge in [0, 0.05) is 22.3 Å². The molecule has 0 atom stereocenters. The van der Waals surface area contributed by atoms with E-state index < -0.39 is 23.9 Å². The van der Waals surface area contributed by atoms with Crippen LogP contribution in [0, 0.1) is 0 Å². The normalized spacial score (nSPS) is 9.94. The first-order valence-electron chi connectivity index (χ1n) is 19.1. The zero-order chi connectivity index (χ0) is 52.4. The van der Waals surface area contributed by atoms with Crippen molar-refractivity contribution in [1.29, 1.82) is 0 Å². The Hall–Kier alpha value is -6.47. The van der Waals surface area contributed by atoms with Gasteiger partial charge in [-0.2, -0.15) is 0 Å². The molecule has 0 N–H and O–H groups in total.